The molecule has 0 aliphatic heterocycles. The van der Waals surface area contributed by atoms with Gasteiger partial charge in [0.15, 0.2) is 5.78 Å². The van der Waals surface area contributed by atoms with E-state index in [1.54, 1.807) is 29.2 Å². The Kier molecular flexibility index (Phi) is 4.17. The van der Waals surface area contributed by atoms with Gasteiger partial charge in [-0.3, -0.25) is 9.48 Å². The standard InChI is InChI=1S/C15H15ClN2O/c1-11(2)18-10-13(9-17-18)15(19)8-7-12-5-3-4-6-14(12)16/h3-11H,1-2H3/b8-7+. The van der Waals surface area contributed by atoms with Crippen LogP contribution in [0.15, 0.2) is 42.7 Å². The molecule has 0 saturated carbocycles. The van der Waals surface area contributed by atoms with E-state index in [-0.39, 0.29) is 11.8 Å². The molecule has 0 atom stereocenters. The number of rotatable bonds is 4. The van der Waals surface area contributed by atoms with Crippen molar-refractivity contribution >= 4 is 23.5 Å². The van der Waals surface area contributed by atoms with E-state index in [1.807, 2.05) is 32.0 Å². The monoisotopic (exact) mass is 274 g/mol. The van der Waals surface area contributed by atoms with E-state index in [9.17, 15) is 4.79 Å². The fraction of sp³-hybridized carbons (Fsp3) is 0.200. The number of halogens is 1. The van der Waals surface area contributed by atoms with Gasteiger partial charge < -0.3 is 0 Å². The first-order valence-corrected chi connectivity index (χ1v) is 6.47. The Morgan fingerprint density at radius 2 is 2.11 bits per heavy atom. The van der Waals surface area contributed by atoms with Gasteiger partial charge in [-0.1, -0.05) is 29.8 Å². The predicted octanol–water partition coefficient (Wildman–Crippen LogP) is 4.01. The van der Waals surface area contributed by atoms with E-state index >= 15 is 0 Å². The van der Waals surface area contributed by atoms with Crippen LogP contribution in [0.2, 0.25) is 5.02 Å². The van der Waals surface area contributed by atoms with Crippen molar-refractivity contribution in [3.8, 4) is 0 Å². The molecule has 1 heterocycles. The van der Waals surface area contributed by atoms with Crippen molar-refractivity contribution < 1.29 is 4.79 Å². The molecule has 0 fully saturated rings. The van der Waals surface area contributed by atoms with Gasteiger partial charge in [0, 0.05) is 17.3 Å². The number of benzene rings is 1. The largest absolute Gasteiger partial charge is 0.289 e. The summed E-state index contributed by atoms with van der Waals surface area (Å²) in [6.07, 6.45) is 6.57. The Morgan fingerprint density at radius 1 is 1.37 bits per heavy atom. The van der Waals surface area contributed by atoms with Gasteiger partial charge in [-0.15, -0.1) is 0 Å². The lowest BCUT2D eigenvalue weighted by molar-refractivity contribution is 0.104. The van der Waals surface area contributed by atoms with Crippen LogP contribution in [0, 0.1) is 0 Å². The summed E-state index contributed by atoms with van der Waals surface area (Å²) in [6, 6.07) is 7.64. The Hall–Kier alpha value is -1.87. The summed E-state index contributed by atoms with van der Waals surface area (Å²) in [5.41, 5.74) is 1.41. The van der Waals surface area contributed by atoms with Crippen LogP contribution in [-0.4, -0.2) is 15.6 Å². The second-order valence-electron chi connectivity index (χ2n) is 4.52. The molecule has 2 aromatic rings. The molecule has 4 heteroatoms. The van der Waals surface area contributed by atoms with E-state index in [0.29, 0.717) is 10.6 Å². The molecule has 0 radical (unpaired) electrons. The number of ketones is 1. The van der Waals surface area contributed by atoms with E-state index in [1.165, 1.54) is 6.08 Å². The molecule has 0 unspecified atom stereocenters. The second-order valence-corrected chi connectivity index (χ2v) is 4.93. The van der Waals surface area contributed by atoms with Gasteiger partial charge in [-0.25, -0.2) is 0 Å². The Morgan fingerprint density at radius 3 is 2.74 bits per heavy atom. The second kappa shape index (κ2) is 5.85. The first-order valence-electron chi connectivity index (χ1n) is 6.09. The molecule has 0 aliphatic carbocycles. The van der Waals surface area contributed by atoms with Gasteiger partial charge >= 0.3 is 0 Å². The van der Waals surface area contributed by atoms with Crippen LogP contribution in [0.5, 0.6) is 0 Å². The van der Waals surface area contributed by atoms with Crippen molar-refractivity contribution in [1.82, 2.24) is 9.78 Å². The summed E-state index contributed by atoms with van der Waals surface area (Å²) in [5, 5.41) is 4.77. The summed E-state index contributed by atoms with van der Waals surface area (Å²) in [7, 11) is 0. The van der Waals surface area contributed by atoms with Crippen molar-refractivity contribution in [2.75, 3.05) is 0 Å². The van der Waals surface area contributed by atoms with Crippen LogP contribution >= 0.6 is 11.6 Å². The van der Waals surface area contributed by atoms with Crippen LogP contribution < -0.4 is 0 Å². The Labute approximate surface area is 117 Å². The van der Waals surface area contributed by atoms with E-state index < -0.39 is 0 Å². The predicted molar refractivity (Wildman–Crippen MR) is 77.4 cm³/mol. The average molecular weight is 275 g/mol. The lowest BCUT2D eigenvalue weighted by Gasteiger charge is -2.02. The van der Waals surface area contributed by atoms with Crippen molar-refractivity contribution in [3.05, 3.63) is 58.9 Å². The zero-order chi connectivity index (χ0) is 13.8. The minimum absolute atomic E-state index is 0.0770. The van der Waals surface area contributed by atoms with Gasteiger partial charge in [0.25, 0.3) is 0 Å². The highest BCUT2D eigenvalue weighted by atomic mass is 35.5. The highest BCUT2D eigenvalue weighted by Crippen LogP contribution is 2.16. The number of hydrogen-bond donors (Lipinski definition) is 0. The number of hydrogen-bond acceptors (Lipinski definition) is 2. The molecule has 0 saturated heterocycles. The molecule has 19 heavy (non-hydrogen) atoms. The highest BCUT2D eigenvalue weighted by molar-refractivity contribution is 6.32. The first kappa shape index (κ1) is 13.6. The smallest absolute Gasteiger partial charge is 0.189 e. The van der Waals surface area contributed by atoms with Crippen LogP contribution in [-0.2, 0) is 0 Å². The molecule has 0 aliphatic rings. The van der Waals surface area contributed by atoms with Crippen LogP contribution in [0.25, 0.3) is 6.08 Å². The van der Waals surface area contributed by atoms with Crippen molar-refractivity contribution in [3.63, 3.8) is 0 Å². The first-order chi connectivity index (χ1) is 9.08. The van der Waals surface area contributed by atoms with E-state index in [2.05, 4.69) is 5.10 Å². The molecular formula is C15H15ClN2O. The van der Waals surface area contributed by atoms with Crippen LogP contribution in [0.1, 0.15) is 35.8 Å². The van der Waals surface area contributed by atoms with Gasteiger partial charge in [0.2, 0.25) is 0 Å². The maximum absolute atomic E-state index is 12.0. The molecule has 0 N–H and O–H groups in total. The van der Waals surface area contributed by atoms with Gasteiger partial charge in [-0.2, -0.15) is 5.10 Å². The van der Waals surface area contributed by atoms with Gasteiger partial charge in [0.05, 0.1) is 11.8 Å². The van der Waals surface area contributed by atoms with Crippen LogP contribution in [0.4, 0.5) is 0 Å². The number of nitrogens with zero attached hydrogens (tertiary/aromatic N) is 2. The van der Waals surface area contributed by atoms with Gasteiger partial charge in [0.1, 0.15) is 0 Å². The third-order valence-corrected chi connectivity index (χ3v) is 3.08. The fourth-order valence-electron chi connectivity index (χ4n) is 1.62. The molecule has 1 aromatic carbocycles. The van der Waals surface area contributed by atoms with Crippen molar-refractivity contribution in [2.24, 2.45) is 0 Å². The van der Waals surface area contributed by atoms with Crippen molar-refractivity contribution in [2.45, 2.75) is 19.9 Å². The third kappa shape index (κ3) is 3.32. The Bertz CT molecular complexity index is 614. The minimum atomic E-state index is -0.0770. The minimum Gasteiger partial charge on any atom is -0.289 e. The van der Waals surface area contributed by atoms with Gasteiger partial charge in [-0.05, 0) is 37.6 Å². The molecular weight excluding hydrogens is 260 g/mol. The zero-order valence-electron chi connectivity index (χ0n) is 10.9. The maximum Gasteiger partial charge on any atom is 0.189 e. The molecule has 0 bridgehead atoms. The number of carbonyl (C=O) groups excluding carboxylic acids is 1. The number of allylic oxidation sites excluding steroid dienone is 1. The summed E-state index contributed by atoms with van der Waals surface area (Å²) < 4.78 is 1.76. The van der Waals surface area contributed by atoms with Crippen molar-refractivity contribution in [1.29, 1.82) is 0 Å². The molecule has 98 valence electrons. The number of aromatic nitrogens is 2. The molecule has 1 aromatic heterocycles. The topological polar surface area (TPSA) is 34.9 Å². The maximum atomic E-state index is 12.0. The van der Waals surface area contributed by atoms with E-state index in [4.69, 9.17) is 11.6 Å². The average Bonchev–Trinajstić information content (AvgIpc) is 2.87. The number of carbonyl (C=O) groups is 1. The lowest BCUT2D eigenvalue weighted by Crippen LogP contribution is -2.00. The SMILES string of the molecule is CC(C)n1cc(C(=O)/C=C/c2ccccc2Cl)cn1. The Balaban J connectivity index is 2.14. The molecule has 3 nitrogen and oxygen atoms in total. The van der Waals surface area contributed by atoms with Crippen LogP contribution in [0.3, 0.4) is 0 Å². The summed E-state index contributed by atoms with van der Waals surface area (Å²) in [4.78, 5) is 12.0. The summed E-state index contributed by atoms with van der Waals surface area (Å²) >= 11 is 6.02. The zero-order valence-corrected chi connectivity index (χ0v) is 11.6. The lowest BCUT2D eigenvalue weighted by atomic mass is 10.1. The molecule has 2 rings (SSSR count). The fourth-order valence-corrected chi connectivity index (χ4v) is 1.82. The summed E-state index contributed by atoms with van der Waals surface area (Å²) in [5.74, 6) is -0.0770. The summed E-state index contributed by atoms with van der Waals surface area (Å²) in [6.45, 7) is 4.03. The highest BCUT2D eigenvalue weighted by Gasteiger charge is 2.07. The normalized spacial score (nSPS) is 11.4. The van der Waals surface area contributed by atoms with E-state index in [0.717, 1.165) is 5.56 Å². The quantitative estimate of drug-likeness (QED) is 0.624. The molecule has 0 amide bonds. The third-order valence-electron chi connectivity index (χ3n) is 2.73. The molecule has 0 spiro atoms.